The Labute approximate surface area is 90.9 Å². The van der Waals surface area contributed by atoms with E-state index in [9.17, 15) is 14.0 Å². The molecule has 8 nitrogen and oxygen atoms in total. The molecule has 1 heterocycles. The van der Waals surface area contributed by atoms with Gasteiger partial charge in [-0.15, -0.1) is 0 Å². The van der Waals surface area contributed by atoms with Crippen LogP contribution in [-0.2, 0) is 15.7 Å². The van der Waals surface area contributed by atoms with Gasteiger partial charge in [-0.3, -0.25) is 9.55 Å². The van der Waals surface area contributed by atoms with Gasteiger partial charge in [-0.25, -0.2) is 4.57 Å². The van der Waals surface area contributed by atoms with Crippen molar-refractivity contribution >= 4 is 15.2 Å². The molecule has 2 atom stereocenters. The zero-order chi connectivity index (χ0) is 12.4. The van der Waals surface area contributed by atoms with E-state index in [1.54, 1.807) is 0 Å². The van der Waals surface area contributed by atoms with Gasteiger partial charge >= 0.3 is 7.60 Å². The lowest BCUT2D eigenvalue weighted by molar-refractivity contribution is -0.695. The second-order valence-electron chi connectivity index (χ2n) is 3.08. The molecule has 10 heteroatoms. The summed E-state index contributed by atoms with van der Waals surface area (Å²) >= 11 is 0. The van der Waals surface area contributed by atoms with Crippen molar-refractivity contribution in [2.24, 2.45) is 0 Å². The van der Waals surface area contributed by atoms with Crippen LogP contribution in [0.4, 0.5) is 0 Å². The number of nitrogens with zero attached hydrogens (tertiary/aromatic N) is 2. The van der Waals surface area contributed by atoms with E-state index in [2.05, 4.69) is 4.98 Å². The van der Waals surface area contributed by atoms with Crippen LogP contribution in [0, 0.1) is 0 Å². The molecule has 0 fully saturated rings. The molecule has 3 N–H and O–H groups in total. The zero-order valence-electron chi connectivity index (χ0n) is 7.95. The SMILES string of the molecule is O=P([O-])(O)C(C[n+]1ccncc1)P(=O)(O)O. The van der Waals surface area contributed by atoms with Crippen LogP contribution >= 0.6 is 15.2 Å². The maximum absolute atomic E-state index is 10.9. The first-order valence-corrected chi connectivity index (χ1v) is 7.42. The van der Waals surface area contributed by atoms with E-state index in [0.717, 1.165) is 0 Å². The van der Waals surface area contributed by atoms with E-state index in [1.807, 2.05) is 0 Å². The fourth-order valence-corrected chi connectivity index (χ4v) is 3.37. The quantitative estimate of drug-likeness (QED) is 0.443. The first-order valence-electron chi connectivity index (χ1n) is 4.09. The predicted molar refractivity (Wildman–Crippen MR) is 50.1 cm³/mol. The van der Waals surface area contributed by atoms with Crippen molar-refractivity contribution in [3.63, 3.8) is 0 Å². The van der Waals surface area contributed by atoms with Crippen molar-refractivity contribution in [2.75, 3.05) is 0 Å². The van der Waals surface area contributed by atoms with Crippen LogP contribution in [-0.4, -0.2) is 25.1 Å². The van der Waals surface area contributed by atoms with Crippen molar-refractivity contribution in [1.29, 1.82) is 0 Å². The highest BCUT2D eigenvalue weighted by Crippen LogP contribution is 2.57. The maximum Gasteiger partial charge on any atom is 0.343 e. The minimum absolute atomic E-state index is 0.538. The van der Waals surface area contributed by atoms with Crippen LogP contribution < -0.4 is 9.46 Å². The summed E-state index contributed by atoms with van der Waals surface area (Å²) in [6.45, 7) is -0.538. The van der Waals surface area contributed by atoms with Crippen LogP contribution in [0.3, 0.4) is 0 Å². The molecule has 0 saturated carbocycles. The Bertz CT molecular complexity index is 418. The number of hydrogen-bond acceptors (Lipinski definition) is 4. The van der Waals surface area contributed by atoms with Gasteiger partial charge in [0.05, 0.1) is 12.4 Å². The van der Waals surface area contributed by atoms with Gasteiger partial charge in [-0.05, 0) is 0 Å². The summed E-state index contributed by atoms with van der Waals surface area (Å²) in [4.78, 5) is 40.9. The second-order valence-corrected chi connectivity index (χ2v) is 7.04. The molecule has 1 rings (SSSR count). The van der Waals surface area contributed by atoms with Crippen molar-refractivity contribution < 1.29 is 33.3 Å². The lowest BCUT2D eigenvalue weighted by atomic mass is 10.6. The first kappa shape index (κ1) is 13.4. The summed E-state index contributed by atoms with van der Waals surface area (Å²) in [6, 6.07) is 0. The van der Waals surface area contributed by atoms with Gasteiger partial charge in [0.2, 0.25) is 0 Å². The molecule has 2 unspecified atom stereocenters. The highest BCUT2D eigenvalue weighted by atomic mass is 31.2. The van der Waals surface area contributed by atoms with Gasteiger partial charge in [0.15, 0.2) is 31.9 Å². The molecule has 0 radical (unpaired) electrons. The van der Waals surface area contributed by atoms with Crippen LogP contribution in [0.2, 0.25) is 0 Å². The molecular formula is C6H10N2O6P2. The van der Waals surface area contributed by atoms with E-state index >= 15 is 0 Å². The minimum atomic E-state index is -5.12. The number of aromatic nitrogens is 2. The lowest BCUT2D eigenvalue weighted by Gasteiger charge is -2.25. The van der Waals surface area contributed by atoms with Gasteiger partial charge in [-0.2, -0.15) is 0 Å². The topological polar surface area (TPSA) is 135 Å². The largest absolute Gasteiger partial charge is 0.778 e. The van der Waals surface area contributed by atoms with Gasteiger partial charge in [0.25, 0.3) is 0 Å². The predicted octanol–water partition coefficient (Wildman–Crippen LogP) is -1.58. The Hall–Kier alpha value is -0.620. The van der Waals surface area contributed by atoms with Crippen LogP contribution in [0.25, 0.3) is 0 Å². The maximum atomic E-state index is 10.9. The normalized spacial score (nSPS) is 17.8. The molecule has 0 spiro atoms. The molecule has 90 valence electrons. The van der Waals surface area contributed by atoms with Crippen molar-refractivity contribution in [1.82, 2.24) is 4.98 Å². The zero-order valence-corrected chi connectivity index (χ0v) is 9.74. The molecule has 0 amide bonds. The first-order chi connectivity index (χ1) is 7.21. The fourth-order valence-electron chi connectivity index (χ4n) is 1.06. The third-order valence-electron chi connectivity index (χ3n) is 1.83. The van der Waals surface area contributed by atoms with E-state index < -0.39 is 27.1 Å². The van der Waals surface area contributed by atoms with E-state index in [-0.39, 0.29) is 0 Å². The third-order valence-corrected chi connectivity index (χ3v) is 5.46. The Kier molecular flexibility index (Phi) is 3.96. The van der Waals surface area contributed by atoms with Gasteiger partial charge in [0, 0.05) is 0 Å². The Morgan fingerprint density at radius 2 is 1.75 bits per heavy atom. The molecular weight excluding hydrogens is 258 g/mol. The minimum Gasteiger partial charge on any atom is -0.778 e. The molecule has 0 saturated heterocycles. The van der Waals surface area contributed by atoms with Crippen LogP contribution in [0.5, 0.6) is 0 Å². The number of hydrogen-bond donors (Lipinski definition) is 3. The van der Waals surface area contributed by atoms with Crippen molar-refractivity contribution in [3.8, 4) is 0 Å². The summed E-state index contributed by atoms with van der Waals surface area (Å²) in [7, 11) is -10.0. The molecule has 1 aromatic heterocycles. The Morgan fingerprint density at radius 3 is 2.12 bits per heavy atom. The fraction of sp³-hybridized carbons (Fsp3) is 0.333. The summed E-state index contributed by atoms with van der Waals surface area (Å²) in [6.07, 6.45) is 5.31. The van der Waals surface area contributed by atoms with Crippen molar-refractivity contribution in [3.05, 3.63) is 24.8 Å². The Morgan fingerprint density at radius 1 is 1.25 bits per heavy atom. The molecule has 0 aliphatic heterocycles. The molecule has 0 aliphatic rings. The van der Waals surface area contributed by atoms with Crippen LogP contribution in [0.1, 0.15) is 0 Å². The van der Waals surface area contributed by atoms with Crippen LogP contribution in [0.15, 0.2) is 24.8 Å². The third kappa shape index (κ3) is 3.75. The average molecular weight is 268 g/mol. The van der Waals surface area contributed by atoms with Gasteiger partial charge in [-0.1, -0.05) is 0 Å². The average Bonchev–Trinajstić information content (AvgIpc) is 2.12. The van der Waals surface area contributed by atoms with Gasteiger partial charge in [0.1, 0.15) is 0 Å². The summed E-state index contributed by atoms with van der Waals surface area (Å²) < 4.78 is 23.0. The molecule has 0 aliphatic carbocycles. The second kappa shape index (κ2) is 4.71. The van der Waals surface area contributed by atoms with E-state index in [0.29, 0.717) is 0 Å². The van der Waals surface area contributed by atoms with E-state index in [4.69, 9.17) is 14.7 Å². The highest BCUT2D eigenvalue weighted by Gasteiger charge is 2.40. The van der Waals surface area contributed by atoms with Gasteiger partial charge < -0.3 is 24.1 Å². The summed E-state index contributed by atoms with van der Waals surface area (Å²) in [5, 5.41) is -2.15. The monoisotopic (exact) mass is 268 g/mol. The molecule has 0 bridgehead atoms. The summed E-state index contributed by atoms with van der Waals surface area (Å²) in [5.74, 6) is 0. The standard InChI is InChI=1S/C6H10N2O6P2/c9-15(10,11)6(16(12,13)14)5-8-3-1-7-2-4-8/h1-4,6H,5H2,(H3-,9,10,11,12,13,14). The highest BCUT2D eigenvalue weighted by molar-refractivity contribution is 7.70. The summed E-state index contributed by atoms with van der Waals surface area (Å²) in [5.41, 5.74) is 0. The van der Waals surface area contributed by atoms with Crippen molar-refractivity contribution in [2.45, 2.75) is 11.9 Å². The van der Waals surface area contributed by atoms with E-state index in [1.165, 1.54) is 29.4 Å². The molecule has 1 aromatic rings. The number of rotatable bonds is 4. The smallest absolute Gasteiger partial charge is 0.343 e. The lowest BCUT2D eigenvalue weighted by Crippen LogP contribution is -2.40. The molecule has 0 aromatic carbocycles. The molecule has 16 heavy (non-hydrogen) atoms. The Balaban J connectivity index is 2.99.